The molecule has 0 radical (unpaired) electrons. The van der Waals surface area contributed by atoms with E-state index in [9.17, 15) is 19.2 Å². The Morgan fingerprint density at radius 2 is 1.68 bits per heavy atom. The first-order chi connectivity index (χ1) is 27.7. The van der Waals surface area contributed by atoms with E-state index in [1.807, 2.05) is 54.6 Å². The number of aromatic nitrogens is 4. The normalized spacial score (nSPS) is 24.1. The third kappa shape index (κ3) is 7.07. The van der Waals surface area contributed by atoms with Gasteiger partial charge in [0.25, 0.3) is 11.8 Å². The molecule has 5 aromatic rings. The zero-order valence-electron chi connectivity index (χ0n) is 31.1. The summed E-state index contributed by atoms with van der Waals surface area (Å²) in [5.74, 6) is -0.250. The minimum atomic E-state index is -1.14. The highest BCUT2D eigenvalue weighted by atomic mass is 19.1. The summed E-state index contributed by atoms with van der Waals surface area (Å²) in [4.78, 5) is 62.7. The summed E-state index contributed by atoms with van der Waals surface area (Å²) in [6, 6.07) is 20.7. The molecule has 3 aromatic carbocycles. The largest absolute Gasteiger partial charge is 0.457 e. The van der Waals surface area contributed by atoms with Crippen molar-refractivity contribution in [1.29, 1.82) is 0 Å². The highest BCUT2D eigenvalue weighted by molar-refractivity contribution is 6.23. The van der Waals surface area contributed by atoms with Crippen molar-refractivity contribution in [3.05, 3.63) is 90.3 Å². The van der Waals surface area contributed by atoms with Gasteiger partial charge in [0.15, 0.2) is 5.65 Å². The summed E-state index contributed by atoms with van der Waals surface area (Å²) < 4.78 is 24.0. The molecular formula is C42H42FN9O5. The van der Waals surface area contributed by atoms with E-state index in [4.69, 9.17) is 15.6 Å². The predicted molar refractivity (Wildman–Crippen MR) is 209 cm³/mol. The van der Waals surface area contributed by atoms with Crippen LogP contribution in [-0.2, 0) is 9.59 Å². The highest BCUT2D eigenvalue weighted by Gasteiger charge is 2.45. The van der Waals surface area contributed by atoms with Crippen LogP contribution < -0.4 is 21.1 Å². The number of piperidine rings is 2. The summed E-state index contributed by atoms with van der Waals surface area (Å²) in [6.07, 6.45) is 4.14. The number of benzene rings is 3. The van der Waals surface area contributed by atoms with Crippen LogP contribution in [0, 0.1) is 5.92 Å². The minimum Gasteiger partial charge on any atom is -0.457 e. The SMILES string of the molecule is Nc1ncnc2c1c(-c1ccc(Oc3ccccc3)cc1)nn2C1CCC(CN2CCC[C@@H](Nc3ccc4c(c3)C(=O)N(C3CCC(=O)NC3=O)C4=O)C2)CC1F. The molecule has 15 heteroatoms. The molecule has 2 saturated heterocycles. The molecule has 4 N–H and O–H groups in total. The number of ether oxygens (including phenoxy) is 1. The lowest BCUT2D eigenvalue weighted by atomic mass is 9.84. The number of nitrogen functional groups attached to an aromatic ring is 1. The third-order valence-electron chi connectivity index (χ3n) is 11.6. The van der Waals surface area contributed by atoms with E-state index in [1.54, 1.807) is 22.9 Å². The van der Waals surface area contributed by atoms with Gasteiger partial charge in [-0.15, -0.1) is 0 Å². The maximum atomic E-state index is 16.3. The highest BCUT2D eigenvalue weighted by Crippen LogP contribution is 2.40. The Labute approximate surface area is 327 Å². The summed E-state index contributed by atoms with van der Waals surface area (Å²) in [7, 11) is 0. The molecular weight excluding hydrogens is 730 g/mol. The number of anilines is 2. The second-order valence-electron chi connectivity index (χ2n) is 15.4. The van der Waals surface area contributed by atoms with Crippen LogP contribution in [0.3, 0.4) is 0 Å². The Balaban J connectivity index is 0.836. The second-order valence-corrected chi connectivity index (χ2v) is 15.4. The average Bonchev–Trinajstić information content (AvgIpc) is 3.71. The monoisotopic (exact) mass is 771 g/mol. The predicted octanol–water partition coefficient (Wildman–Crippen LogP) is 5.52. The first-order valence-corrected chi connectivity index (χ1v) is 19.5. The van der Waals surface area contributed by atoms with Crippen LogP contribution in [-0.4, -0.2) is 91.1 Å². The molecule has 4 amide bonds. The van der Waals surface area contributed by atoms with E-state index >= 15 is 4.39 Å². The van der Waals surface area contributed by atoms with E-state index in [0.29, 0.717) is 41.0 Å². The van der Waals surface area contributed by atoms with Gasteiger partial charge in [0.05, 0.1) is 22.6 Å². The van der Waals surface area contributed by atoms with Gasteiger partial charge >= 0.3 is 0 Å². The van der Waals surface area contributed by atoms with Crippen molar-refractivity contribution < 1.29 is 28.3 Å². The fourth-order valence-corrected chi connectivity index (χ4v) is 8.86. The molecule has 9 rings (SSSR count). The van der Waals surface area contributed by atoms with Crippen molar-refractivity contribution in [3.8, 4) is 22.8 Å². The van der Waals surface area contributed by atoms with Crippen molar-refractivity contribution in [2.45, 2.75) is 69.2 Å². The van der Waals surface area contributed by atoms with Crippen LogP contribution in [0.15, 0.2) is 79.1 Å². The van der Waals surface area contributed by atoms with Gasteiger partial charge in [-0.2, -0.15) is 5.10 Å². The first-order valence-electron chi connectivity index (χ1n) is 19.5. The van der Waals surface area contributed by atoms with Crippen LogP contribution in [0.4, 0.5) is 15.9 Å². The van der Waals surface area contributed by atoms with Crippen LogP contribution in [0.25, 0.3) is 22.3 Å². The number of imide groups is 2. The van der Waals surface area contributed by atoms with Crippen molar-refractivity contribution in [3.63, 3.8) is 0 Å². The molecule has 14 nitrogen and oxygen atoms in total. The van der Waals surface area contributed by atoms with Crippen molar-refractivity contribution in [2.24, 2.45) is 5.92 Å². The molecule has 2 aromatic heterocycles. The van der Waals surface area contributed by atoms with Crippen LogP contribution in [0.1, 0.15) is 71.7 Å². The number of fused-ring (bicyclic) bond motifs is 2. The van der Waals surface area contributed by atoms with Gasteiger partial charge in [0.1, 0.15) is 41.6 Å². The molecule has 1 saturated carbocycles. The Hall–Kier alpha value is -6.22. The van der Waals surface area contributed by atoms with Gasteiger partial charge in [-0.25, -0.2) is 19.0 Å². The molecule has 57 heavy (non-hydrogen) atoms. The fourth-order valence-electron chi connectivity index (χ4n) is 8.86. The lowest BCUT2D eigenvalue weighted by molar-refractivity contribution is -0.136. The number of carbonyl (C=O) groups is 4. The number of nitrogens with one attached hydrogen (secondary N) is 2. The summed E-state index contributed by atoms with van der Waals surface area (Å²) in [5.41, 5.74) is 9.49. The molecule has 1 aliphatic carbocycles. The molecule has 5 heterocycles. The third-order valence-corrected chi connectivity index (χ3v) is 11.6. The minimum absolute atomic E-state index is 0.0676. The number of carbonyl (C=O) groups excluding carboxylic acids is 4. The number of amides is 4. The Bertz CT molecular complexity index is 2370. The maximum absolute atomic E-state index is 16.3. The molecule has 4 unspecified atom stereocenters. The van der Waals surface area contributed by atoms with Crippen LogP contribution >= 0.6 is 0 Å². The Morgan fingerprint density at radius 3 is 2.47 bits per heavy atom. The van der Waals surface area contributed by atoms with Gasteiger partial charge in [-0.3, -0.25) is 29.4 Å². The second kappa shape index (κ2) is 15.0. The molecule has 3 fully saturated rings. The van der Waals surface area contributed by atoms with Crippen LogP contribution in [0.2, 0.25) is 0 Å². The lowest BCUT2D eigenvalue weighted by Crippen LogP contribution is -2.54. The number of alkyl halides is 1. The van der Waals surface area contributed by atoms with Gasteiger partial charge in [-0.1, -0.05) is 18.2 Å². The van der Waals surface area contributed by atoms with Crippen molar-refractivity contribution >= 4 is 46.2 Å². The van der Waals surface area contributed by atoms with Gasteiger partial charge in [-0.05, 0) is 106 Å². The first kappa shape index (κ1) is 36.4. The molecule has 292 valence electrons. The molecule has 0 bridgehead atoms. The van der Waals surface area contributed by atoms with E-state index in [1.165, 1.54) is 6.33 Å². The molecule has 3 aliphatic heterocycles. The molecule has 0 spiro atoms. The summed E-state index contributed by atoms with van der Waals surface area (Å²) in [6.45, 7) is 2.43. The number of rotatable bonds is 9. The van der Waals surface area contributed by atoms with Gasteiger partial charge < -0.3 is 20.7 Å². The average molecular weight is 772 g/mol. The number of halogens is 1. The Kier molecular flexibility index (Phi) is 9.60. The fraction of sp³-hybridized carbons (Fsp3) is 0.357. The Morgan fingerprint density at radius 1 is 0.895 bits per heavy atom. The topological polar surface area (TPSA) is 178 Å². The van der Waals surface area contributed by atoms with Gasteiger partial charge in [0.2, 0.25) is 11.8 Å². The zero-order chi connectivity index (χ0) is 39.2. The number of hydrogen-bond acceptors (Lipinski definition) is 11. The summed E-state index contributed by atoms with van der Waals surface area (Å²) >= 11 is 0. The van der Waals surface area contributed by atoms with Crippen LogP contribution in [0.5, 0.6) is 11.5 Å². The van der Waals surface area contributed by atoms with E-state index in [2.05, 4.69) is 25.5 Å². The lowest BCUT2D eigenvalue weighted by Gasteiger charge is -2.38. The quantitative estimate of drug-likeness (QED) is 0.161. The number of nitrogens with zero attached hydrogens (tertiary/aromatic N) is 6. The van der Waals surface area contributed by atoms with E-state index in [-0.39, 0.29) is 41.7 Å². The number of likely N-dealkylation sites (tertiary alicyclic amines) is 1. The van der Waals surface area contributed by atoms with Crippen molar-refractivity contribution in [1.82, 2.24) is 34.9 Å². The maximum Gasteiger partial charge on any atom is 0.262 e. The van der Waals surface area contributed by atoms with Crippen molar-refractivity contribution in [2.75, 3.05) is 30.7 Å². The van der Waals surface area contributed by atoms with E-state index in [0.717, 1.165) is 55.1 Å². The number of hydrogen-bond donors (Lipinski definition) is 3. The summed E-state index contributed by atoms with van der Waals surface area (Å²) in [5, 5.41) is 11.3. The molecule has 4 aliphatic rings. The molecule has 5 atom stereocenters. The smallest absolute Gasteiger partial charge is 0.262 e. The van der Waals surface area contributed by atoms with Gasteiger partial charge in [0, 0.05) is 36.8 Å². The number of nitrogens with two attached hydrogens (primary N) is 1. The zero-order valence-corrected chi connectivity index (χ0v) is 31.1. The number of para-hydroxylation sites is 1. The van der Waals surface area contributed by atoms with E-state index < -0.39 is 41.9 Å². The standard InChI is InChI=1S/C42H42FN9O5/c43-32-19-24(8-15-33(32)52-39-36(38(44)45-23-46-39)37(49-52)25-9-12-29(13-10-25)57-28-6-2-1-3-7-28)21-50-18-4-5-27(22-50)47-26-11-14-30-31(20-26)42(56)51(41(30)55)34-16-17-35(53)48-40(34)54/h1-3,6-7,9-14,20,23-24,27,32-34,47H,4-5,8,15-19,21-22H2,(H2,44,45,46)(H,48,53,54)/t24?,27-,32?,33?,34?/m1/s1.